The van der Waals surface area contributed by atoms with Crippen molar-refractivity contribution in [3.8, 4) is 6.07 Å². The van der Waals surface area contributed by atoms with Gasteiger partial charge in [-0.15, -0.1) is 11.3 Å². The number of hydrogen-bond acceptors (Lipinski definition) is 4. The van der Waals surface area contributed by atoms with Gasteiger partial charge in [0, 0.05) is 17.0 Å². The molecular formula is C21H27BrN4OS. The summed E-state index contributed by atoms with van der Waals surface area (Å²) < 4.78 is 2.83. The van der Waals surface area contributed by atoms with E-state index in [0.717, 1.165) is 40.7 Å². The molecule has 0 aliphatic heterocycles. The first-order valence-electron chi connectivity index (χ1n) is 9.65. The van der Waals surface area contributed by atoms with Gasteiger partial charge in [0.1, 0.15) is 11.1 Å². The molecule has 1 aliphatic carbocycles. The molecular weight excluding hydrogens is 436 g/mol. The van der Waals surface area contributed by atoms with E-state index in [0.29, 0.717) is 29.4 Å². The number of fused-ring (bicyclic) bond motifs is 1. The Bertz CT molecular complexity index is 945. The molecule has 0 fully saturated rings. The van der Waals surface area contributed by atoms with Crippen LogP contribution in [-0.2, 0) is 24.2 Å². The van der Waals surface area contributed by atoms with E-state index in [-0.39, 0.29) is 11.3 Å². The van der Waals surface area contributed by atoms with Gasteiger partial charge in [-0.3, -0.25) is 9.48 Å². The zero-order chi connectivity index (χ0) is 20.6. The van der Waals surface area contributed by atoms with Crippen molar-refractivity contribution >= 4 is 38.2 Å². The molecule has 2 aromatic heterocycles. The summed E-state index contributed by atoms with van der Waals surface area (Å²) in [6.07, 6.45) is 3.34. The fraction of sp³-hybridized carbons (Fsp3) is 0.571. The van der Waals surface area contributed by atoms with E-state index in [2.05, 4.69) is 53.2 Å². The molecule has 7 heteroatoms. The number of amides is 1. The molecule has 0 spiro atoms. The summed E-state index contributed by atoms with van der Waals surface area (Å²) in [5.41, 5.74) is 4.00. The van der Waals surface area contributed by atoms with Gasteiger partial charge in [0.25, 0.3) is 0 Å². The van der Waals surface area contributed by atoms with Crippen LogP contribution < -0.4 is 5.32 Å². The second-order valence-electron chi connectivity index (χ2n) is 8.63. The van der Waals surface area contributed by atoms with Crippen molar-refractivity contribution in [3.05, 3.63) is 31.9 Å². The van der Waals surface area contributed by atoms with Gasteiger partial charge < -0.3 is 5.32 Å². The average Bonchev–Trinajstić information content (AvgIpc) is 3.09. The molecule has 0 unspecified atom stereocenters. The maximum Gasteiger partial charge on any atom is 0.226 e. The molecule has 2 aromatic rings. The number of rotatable bonds is 4. The van der Waals surface area contributed by atoms with Crippen LogP contribution in [0.3, 0.4) is 0 Å². The minimum atomic E-state index is -0.0776. The Morgan fingerprint density at radius 1 is 1.43 bits per heavy atom. The highest BCUT2D eigenvalue weighted by Gasteiger charge is 2.32. The van der Waals surface area contributed by atoms with Gasteiger partial charge in [0.2, 0.25) is 5.91 Å². The van der Waals surface area contributed by atoms with Crippen molar-refractivity contribution in [2.75, 3.05) is 5.32 Å². The lowest BCUT2D eigenvalue weighted by Crippen LogP contribution is -2.26. The number of carbonyl (C=O) groups excluding carboxylic acids is 1. The number of anilines is 1. The molecule has 150 valence electrons. The highest BCUT2D eigenvalue weighted by atomic mass is 79.9. The fourth-order valence-electron chi connectivity index (χ4n) is 3.82. The Kier molecular flexibility index (Phi) is 6.02. The predicted molar refractivity (Wildman–Crippen MR) is 117 cm³/mol. The maximum atomic E-state index is 12.5. The molecule has 0 saturated heterocycles. The van der Waals surface area contributed by atoms with Gasteiger partial charge in [0.05, 0.1) is 22.3 Å². The van der Waals surface area contributed by atoms with Gasteiger partial charge in [-0.2, -0.15) is 10.4 Å². The number of aryl methyl sites for hydroxylation is 2. The van der Waals surface area contributed by atoms with Gasteiger partial charge in [-0.1, -0.05) is 20.8 Å². The van der Waals surface area contributed by atoms with Crippen LogP contribution in [0.1, 0.15) is 61.0 Å². The summed E-state index contributed by atoms with van der Waals surface area (Å²) in [6.45, 7) is 11.3. The van der Waals surface area contributed by atoms with Crippen LogP contribution in [0.25, 0.3) is 0 Å². The molecule has 1 atom stereocenters. The van der Waals surface area contributed by atoms with Crippen molar-refractivity contribution in [1.29, 1.82) is 5.26 Å². The maximum absolute atomic E-state index is 12.5. The fourth-order valence-corrected chi connectivity index (χ4v) is 5.40. The third-order valence-electron chi connectivity index (χ3n) is 5.70. The number of nitrogens with zero attached hydrogens (tertiary/aromatic N) is 3. The molecule has 1 aliphatic rings. The molecule has 0 bridgehead atoms. The Hall–Kier alpha value is -1.65. The molecule has 28 heavy (non-hydrogen) atoms. The smallest absolute Gasteiger partial charge is 0.226 e. The quantitative estimate of drug-likeness (QED) is 0.662. The van der Waals surface area contributed by atoms with Crippen LogP contribution in [0.4, 0.5) is 5.00 Å². The Labute approximate surface area is 179 Å². The summed E-state index contributed by atoms with van der Waals surface area (Å²) in [4.78, 5) is 13.8. The third-order valence-corrected chi connectivity index (χ3v) is 8.02. The van der Waals surface area contributed by atoms with Gasteiger partial charge in [-0.05, 0) is 65.9 Å². The molecule has 0 aromatic carbocycles. The minimum Gasteiger partial charge on any atom is -0.317 e. The van der Waals surface area contributed by atoms with Crippen LogP contribution in [0.2, 0.25) is 0 Å². The molecule has 5 nitrogen and oxygen atoms in total. The summed E-state index contributed by atoms with van der Waals surface area (Å²) in [6, 6.07) is 2.33. The molecule has 3 rings (SSSR count). The van der Waals surface area contributed by atoms with E-state index in [9.17, 15) is 10.1 Å². The number of thiophene rings is 1. The number of aromatic nitrogens is 2. The molecule has 0 saturated carbocycles. The second kappa shape index (κ2) is 8.00. The summed E-state index contributed by atoms with van der Waals surface area (Å²) in [5.74, 6) is 0.532. The van der Waals surface area contributed by atoms with E-state index in [1.165, 1.54) is 4.88 Å². The predicted octanol–water partition coefficient (Wildman–Crippen LogP) is 5.38. The Balaban J connectivity index is 1.71. The van der Waals surface area contributed by atoms with Crippen molar-refractivity contribution in [2.45, 2.75) is 66.8 Å². The monoisotopic (exact) mass is 462 g/mol. The van der Waals surface area contributed by atoms with Crippen LogP contribution in [0, 0.1) is 36.5 Å². The minimum absolute atomic E-state index is 0.0776. The number of nitrogens with one attached hydrogen (secondary N) is 1. The number of carbonyl (C=O) groups is 1. The van der Waals surface area contributed by atoms with Crippen LogP contribution in [0.5, 0.6) is 0 Å². The van der Waals surface area contributed by atoms with Crippen molar-refractivity contribution in [3.63, 3.8) is 0 Å². The normalized spacial score (nSPS) is 16.5. The van der Waals surface area contributed by atoms with Crippen LogP contribution in [-0.4, -0.2) is 15.7 Å². The number of nitriles is 1. The first-order valence-corrected chi connectivity index (χ1v) is 11.3. The van der Waals surface area contributed by atoms with Crippen molar-refractivity contribution in [2.24, 2.45) is 11.3 Å². The molecule has 1 N–H and O–H groups in total. The lowest BCUT2D eigenvalue weighted by molar-refractivity contribution is -0.116. The van der Waals surface area contributed by atoms with Gasteiger partial charge >= 0.3 is 0 Å². The highest BCUT2D eigenvalue weighted by Crippen LogP contribution is 2.44. The number of hydrogen-bond donors (Lipinski definition) is 1. The van der Waals surface area contributed by atoms with E-state index in [1.807, 2.05) is 18.5 Å². The van der Waals surface area contributed by atoms with E-state index in [4.69, 9.17) is 0 Å². The summed E-state index contributed by atoms with van der Waals surface area (Å²) >= 11 is 5.09. The van der Waals surface area contributed by atoms with E-state index < -0.39 is 0 Å². The van der Waals surface area contributed by atoms with Crippen molar-refractivity contribution in [1.82, 2.24) is 9.78 Å². The average molecular weight is 463 g/mol. The summed E-state index contributed by atoms with van der Waals surface area (Å²) in [7, 11) is 0. The molecule has 2 heterocycles. The topological polar surface area (TPSA) is 70.7 Å². The first-order chi connectivity index (χ1) is 13.1. The highest BCUT2D eigenvalue weighted by molar-refractivity contribution is 9.10. The Morgan fingerprint density at radius 2 is 2.14 bits per heavy atom. The SMILES string of the molecule is Cc1nn(CCC(=O)Nc2sc3c(c2C#N)CC[C@H](C(C)(C)C)C3)c(C)c1Br. The molecule has 1 amide bonds. The second-order valence-corrected chi connectivity index (χ2v) is 10.5. The van der Waals surface area contributed by atoms with Gasteiger partial charge in [-0.25, -0.2) is 0 Å². The largest absolute Gasteiger partial charge is 0.317 e. The Morgan fingerprint density at radius 3 is 2.71 bits per heavy atom. The van der Waals surface area contributed by atoms with Crippen LogP contribution >= 0.6 is 27.3 Å². The third kappa shape index (κ3) is 4.18. The lowest BCUT2D eigenvalue weighted by Gasteiger charge is -2.33. The first kappa shape index (κ1) is 21.1. The van der Waals surface area contributed by atoms with E-state index >= 15 is 0 Å². The van der Waals surface area contributed by atoms with Crippen LogP contribution in [0.15, 0.2) is 4.47 Å². The summed E-state index contributed by atoms with van der Waals surface area (Å²) in [5, 5.41) is 17.8. The standard InChI is InChI=1S/C21H27BrN4OS/c1-12-19(22)13(2)26(25-12)9-8-18(27)24-20-16(11-23)15-7-6-14(21(3,4)5)10-17(15)28-20/h14H,6-10H2,1-5H3,(H,24,27)/t14-/m0/s1. The number of halogens is 1. The van der Waals surface area contributed by atoms with E-state index in [1.54, 1.807) is 11.3 Å². The zero-order valence-electron chi connectivity index (χ0n) is 17.1. The molecule has 0 radical (unpaired) electrons. The van der Waals surface area contributed by atoms with Crippen molar-refractivity contribution < 1.29 is 4.79 Å². The zero-order valence-corrected chi connectivity index (χ0v) is 19.6. The lowest BCUT2D eigenvalue weighted by atomic mass is 9.72. The van der Waals surface area contributed by atoms with Gasteiger partial charge in [0.15, 0.2) is 0 Å².